The van der Waals surface area contributed by atoms with E-state index in [-0.39, 0.29) is 48.9 Å². The molecule has 190 valence electrons. The SMILES string of the molecule is COc1cc(-c2nnc(NC3(c4cc(Cl)c5c(c4)C(=O)N(C4CCC(=O)NC4=O)C5)CC3)o2)ccc1F. The molecule has 1 atom stereocenters. The van der Waals surface area contributed by atoms with E-state index < -0.39 is 23.3 Å². The van der Waals surface area contributed by atoms with Gasteiger partial charge in [0.15, 0.2) is 11.6 Å². The molecule has 1 aliphatic carbocycles. The number of carbonyl (C=O) groups excluding carboxylic acids is 3. The Labute approximate surface area is 215 Å². The maximum Gasteiger partial charge on any atom is 0.316 e. The fourth-order valence-corrected chi connectivity index (χ4v) is 5.17. The van der Waals surface area contributed by atoms with Gasteiger partial charge in [0, 0.05) is 34.7 Å². The minimum absolute atomic E-state index is 0.0627. The average molecular weight is 526 g/mol. The lowest BCUT2D eigenvalue weighted by atomic mass is 9.99. The zero-order chi connectivity index (χ0) is 25.9. The summed E-state index contributed by atoms with van der Waals surface area (Å²) >= 11 is 6.61. The van der Waals surface area contributed by atoms with Crippen LogP contribution in [0.15, 0.2) is 34.7 Å². The van der Waals surface area contributed by atoms with Gasteiger partial charge in [-0.25, -0.2) is 4.39 Å². The lowest BCUT2D eigenvalue weighted by Crippen LogP contribution is -2.52. The number of hydrogen-bond donors (Lipinski definition) is 2. The van der Waals surface area contributed by atoms with Crippen LogP contribution in [0.2, 0.25) is 5.02 Å². The van der Waals surface area contributed by atoms with E-state index in [1.165, 1.54) is 30.2 Å². The predicted octanol–water partition coefficient (Wildman–Crippen LogP) is 3.40. The highest BCUT2D eigenvalue weighted by Crippen LogP contribution is 2.50. The molecule has 2 fully saturated rings. The number of halogens is 2. The van der Waals surface area contributed by atoms with E-state index in [4.69, 9.17) is 20.8 Å². The van der Waals surface area contributed by atoms with Crippen LogP contribution >= 0.6 is 11.6 Å². The lowest BCUT2D eigenvalue weighted by molar-refractivity contribution is -0.136. The first-order valence-electron chi connectivity index (χ1n) is 11.7. The molecule has 3 aromatic rings. The molecule has 3 aliphatic rings. The molecule has 1 aromatic heterocycles. The van der Waals surface area contributed by atoms with Crippen LogP contribution < -0.4 is 15.4 Å². The summed E-state index contributed by atoms with van der Waals surface area (Å²) in [5, 5.41) is 14.1. The number of fused-ring (bicyclic) bond motifs is 1. The van der Waals surface area contributed by atoms with Gasteiger partial charge in [-0.2, -0.15) is 0 Å². The molecule has 2 aliphatic heterocycles. The van der Waals surface area contributed by atoms with Crippen LogP contribution in [0.1, 0.15) is 47.2 Å². The first-order chi connectivity index (χ1) is 17.8. The van der Waals surface area contributed by atoms with E-state index >= 15 is 0 Å². The van der Waals surface area contributed by atoms with Crippen LogP contribution in [0.5, 0.6) is 5.75 Å². The Morgan fingerprint density at radius 1 is 1.22 bits per heavy atom. The highest BCUT2D eigenvalue weighted by atomic mass is 35.5. The van der Waals surface area contributed by atoms with Crippen molar-refractivity contribution in [3.63, 3.8) is 0 Å². The normalized spacial score (nSPS) is 20.0. The van der Waals surface area contributed by atoms with Gasteiger partial charge in [-0.15, -0.1) is 5.10 Å². The van der Waals surface area contributed by atoms with Gasteiger partial charge in [-0.05, 0) is 55.2 Å². The Kier molecular flexibility index (Phi) is 5.41. The molecule has 6 rings (SSSR count). The third-order valence-corrected chi connectivity index (χ3v) is 7.41. The predicted molar refractivity (Wildman–Crippen MR) is 128 cm³/mol. The second kappa shape index (κ2) is 8.55. The number of imide groups is 1. The minimum Gasteiger partial charge on any atom is -0.494 e. The quantitative estimate of drug-likeness (QED) is 0.469. The lowest BCUT2D eigenvalue weighted by Gasteiger charge is -2.29. The van der Waals surface area contributed by atoms with Crippen LogP contribution in [-0.4, -0.2) is 46.0 Å². The Bertz CT molecular complexity index is 1470. The number of anilines is 1. The molecule has 0 radical (unpaired) electrons. The highest BCUT2D eigenvalue weighted by Gasteiger charge is 2.48. The number of amides is 3. The van der Waals surface area contributed by atoms with E-state index in [0.717, 1.165) is 18.4 Å². The van der Waals surface area contributed by atoms with Crippen LogP contribution in [0.3, 0.4) is 0 Å². The van der Waals surface area contributed by atoms with Crippen molar-refractivity contribution in [2.75, 3.05) is 12.4 Å². The average Bonchev–Trinajstić information content (AvgIpc) is 3.38. The van der Waals surface area contributed by atoms with Crippen molar-refractivity contribution >= 4 is 35.3 Å². The molecule has 12 heteroatoms. The minimum atomic E-state index is -0.716. The van der Waals surface area contributed by atoms with Crippen LogP contribution in [-0.2, 0) is 21.7 Å². The zero-order valence-corrected chi connectivity index (χ0v) is 20.4. The number of piperidine rings is 1. The fourth-order valence-electron chi connectivity index (χ4n) is 4.89. The van der Waals surface area contributed by atoms with Gasteiger partial charge >= 0.3 is 6.01 Å². The van der Waals surface area contributed by atoms with Crippen LogP contribution in [0.4, 0.5) is 10.4 Å². The summed E-state index contributed by atoms with van der Waals surface area (Å²) in [7, 11) is 1.37. The third kappa shape index (κ3) is 3.99. The Balaban J connectivity index is 1.24. The molecule has 1 unspecified atom stereocenters. The van der Waals surface area contributed by atoms with Crippen molar-refractivity contribution < 1.29 is 27.9 Å². The molecule has 1 saturated carbocycles. The van der Waals surface area contributed by atoms with E-state index in [1.807, 2.05) is 6.07 Å². The van der Waals surface area contributed by atoms with Crippen molar-refractivity contribution in [3.05, 3.63) is 57.9 Å². The number of ether oxygens (including phenoxy) is 1. The van der Waals surface area contributed by atoms with Crippen LogP contribution in [0.25, 0.3) is 11.5 Å². The van der Waals surface area contributed by atoms with Gasteiger partial charge in [-0.3, -0.25) is 19.7 Å². The summed E-state index contributed by atoms with van der Waals surface area (Å²) < 4.78 is 24.5. The second-order valence-corrected chi connectivity index (χ2v) is 9.76. The first-order valence-corrected chi connectivity index (χ1v) is 12.1. The molecule has 2 aromatic carbocycles. The van der Waals surface area contributed by atoms with Gasteiger partial charge in [0.1, 0.15) is 6.04 Å². The summed E-state index contributed by atoms with van der Waals surface area (Å²) in [6.07, 6.45) is 1.95. The molecule has 10 nitrogen and oxygen atoms in total. The molecule has 1 saturated heterocycles. The van der Waals surface area contributed by atoms with E-state index in [1.54, 1.807) is 6.07 Å². The van der Waals surface area contributed by atoms with Gasteiger partial charge in [0.05, 0.1) is 12.6 Å². The van der Waals surface area contributed by atoms with Gasteiger partial charge in [0.25, 0.3) is 5.91 Å². The maximum absolute atomic E-state index is 13.8. The largest absolute Gasteiger partial charge is 0.494 e. The molecule has 3 amide bonds. The number of hydrogen-bond acceptors (Lipinski definition) is 8. The van der Waals surface area contributed by atoms with Gasteiger partial charge < -0.3 is 19.4 Å². The molecule has 3 heterocycles. The molecular formula is C25H21ClFN5O5. The van der Waals surface area contributed by atoms with E-state index in [0.29, 0.717) is 21.7 Å². The summed E-state index contributed by atoms with van der Waals surface area (Å²) in [4.78, 5) is 38.6. The number of methoxy groups -OCH3 is 1. The topological polar surface area (TPSA) is 127 Å². The molecule has 2 N–H and O–H groups in total. The Hall–Kier alpha value is -3.99. The van der Waals surface area contributed by atoms with Gasteiger partial charge in [-0.1, -0.05) is 16.7 Å². The summed E-state index contributed by atoms with van der Waals surface area (Å²) in [6, 6.07) is 7.30. The Morgan fingerprint density at radius 2 is 2.03 bits per heavy atom. The molecule has 0 bridgehead atoms. The number of nitrogens with one attached hydrogen (secondary N) is 2. The smallest absolute Gasteiger partial charge is 0.316 e. The van der Waals surface area contributed by atoms with Crippen molar-refractivity contribution in [3.8, 4) is 17.2 Å². The first kappa shape index (κ1) is 23.4. The molecular weight excluding hydrogens is 505 g/mol. The number of benzene rings is 2. The highest BCUT2D eigenvalue weighted by molar-refractivity contribution is 6.32. The number of aromatic nitrogens is 2. The van der Waals surface area contributed by atoms with Crippen LogP contribution in [0, 0.1) is 5.82 Å². The molecule has 37 heavy (non-hydrogen) atoms. The number of carbonyl (C=O) groups is 3. The third-order valence-electron chi connectivity index (χ3n) is 7.07. The molecule has 0 spiro atoms. The van der Waals surface area contributed by atoms with Crippen molar-refractivity contribution in [2.24, 2.45) is 0 Å². The summed E-state index contributed by atoms with van der Waals surface area (Å²) in [6.45, 7) is 0.203. The fraction of sp³-hybridized carbons (Fsp3) is 0.320. The van der Waals surface area contributed by atoms with Gasteiger partial charge in [0.2, 0.25) is 17.7 Å². The van der Waals surface area contributed by atoms with E-state index in [2.05, 4.69) is 20.8 Å². The number of nitrogens with zero attached hydrogens (tertiary/aromatic N) is 3. The summed E-state index contributed by atoms with van der Waals surface area (Å²) in [5.74, 6) is -1.35. The maximum atomic E-state index is 13.8. The second-order valence-electron chi connectivity index (χ2n) is 9.35. The standard InChI is InChI=1S/C25H21ClFN5O5/c1-36-19-8-12(2-3-17(19)27)22-30-31-24(37-22)29-25(6-7-25)13-9-14-15(16(26)10-13)11-32(23(14)35)18-4-5-20(33)28-21(18)34/h2-3,8-10,18H,4-7,11H2,1H3,(H,29,31)(H,28,33,34). The zero-order valence-electron chi connectivity index (χ0n) is 19.6. The monoisotopic (exact) mass is 525 g/mol. The Morgan fingerprint density at radius 3 is 2.76 bits per heavy atom. The number of rotatable bonds is 6. The van der Waals surface area contributed by atoms with Crippen molar-refractivity contribution in [1.82, 2.24) is 20.4 Å². The van der Waals surface area contributed by atoms with E-state index in [9.17, 15) is 18.8 Å². The van der Waals surface area contributed by atoms with Crippen molar-refractivity contribution in [2.45, 2.75) is 43.8 Å². The van der Waals surface area contributed by atoms with Crippen molar-refractivity contribution in [1.29, 1.82) is 0 Å². The summed E-state index contributed by atoms with van der Waals surface area (Å²) in [5.41, 5.74) is 1.83.